The second-order valence-corrected chi connectivity index (χ2v) is 14.3. The summed E-state index contributed by atoms with van der Waals surface area (Å²) in [6.45, 7) is 4.56. The predicted molar refractivity (Wildman–Crippen MR) is 164 cm³/mol. The molecule has 0 radical (unpaired) electrons. The van der Waals surface area contributed by atoms with Crippen LogP contribution in [0, 0.1) is 6.07 Å². The predicted octanol–water partition coefficient (Wildman–Crippen LogP) is 10.2. The molecule has 0 amide bonds. The Hall–Kier alpha value is -2.74. The van der Waals surface area contributed by atoms with E-state index in [4.69, 9.17) is 19.2 Å². The maximum absolute atomic E-state index is 4.89. The summed E-state index contributed by atoms with van der Waals surface area (Å²) in [4.78, 5) is 4.57. The van der Waals surface area contributed by atoms with Crippen LogP contribution >= 0.6 is 19.2 Å². The summed E-state index contributed by atoms with van der Waals surface area (Å²) < 4.78 is 0. The number of benzene rings is 4. The van der Waals surface area contributed by atoms with Crippen molar-refractivity contribution >= 4 is 19.2 Å². The number of fused-ring (bicyclic) bond motifs is 6. The van der Waals surface area contributed by atoms with Crippen molar-refractivity contribution in [1.82, 2.24) is 4.98 Å². The second kappa shape index (κ2) is 11.6. The van der Waals surface area contributed by atoms with Crippen LogP contribution in [-0.2, 0) is 33.9 Å². The molecule has 4 aromatic carbocycles. The van der Waals surface area contributed by atoms with Gasteiger partial charge >= 0.3 is 34.8 Å². The molecule has 4 heteroatoms. The molecule has 0 N–H and O–H groups in total. The van der Waals surface area contributed by atoms with Crippen LogP contribution in [0.15, 0.2) is 103 Å². The summed E-state index contributed by atoms with van der Waals surface area (Å²) in [7, 11) is 9.78. The van der Waals surface area contributed by atoms with Gasteiger partial charge in [-0.2, -0.15) is 0 Å². The van der Waals surface area contributed by atoms with E-state index >= 15 is 0 Å². The summed E-state index contributed by atoms with van der Waals surface area (Å²) in [5.74, 6) is 0.594. The van der Waals surface area contributed by atoms with Gasteiger partial charge in [-0.05, 0) is 82.0 Å². The van der Waals surface area contributed by atoms with Gasteiger partial charge in [-0.1, -0.05) is 86.6 Å². The van der Waals surface area contributed by atoms with Crippen LogP contribution in [0.5, 0.6) is 0 Å². The van der Waals surface area contributed by atoms with E-state index in [0.29, 0.717) is 5.92 Å². The molecule has 1 spiro atoms. The van der Waals surface area contributed by atoms with Crippen molar-refractivity contribution in [3.8, 4) is 33.5 Å². The fraction of sp³-hybridized carbons (Fsp3) is 0.194. The summed E-state index contributed by atoms with van der Waals surface area (Å²) >= 11 is -0.556. The van der Waals surface area contributed by atoms with Gasteiger partial charge in [-0.15, -0.1) is 34.9 Å². The zero-order valence-electron chi connectivity index (χ0n) is 22.6. The number of pyridine rings is 1. The molecule has 0 aliphatic heterocycles. The van der Waals surface area contributed by atoms with Crippen LogP contribution in [0.1, 0.15) is 54.0 Å². The molecule has 2 unspecified atom stereocenters. The van der Waals surface area contributed by atoms with Gasteiger partial charge in [0.1, 0.15) is 0 Å². The van der Waals surface area contributed by atoms with E-state index < -0.39 is 15.7 Å². The molecular weight excluding hydrogens is 710 g/mol. The zero-order valence-corrected chi connectivity index (χ0v) is 26.5. The van der Waals surface area contributed by atoms with Gasteiger partial charge < -0.3 is 4.98 Å². The summed E-state index contributed by atoms with van der Waals surface area (Å²) in [5.41, 5.74) is 14.6. The molecule has 5 aromatic rings. The monoisotopic (exact) mass is 739 g/mol. The molecule has 0 saturated carbocycles. The van der Waals surface area contributed by atoms with Gasteiger partial charge in [0, 0.05) is 11.6 Å². The van der Waals surface area contributed by atoms with Crippen molar-refractivity contribution in [2.24, 2.45) is 0 Å². The number of nitrogens with zero attached hydrogens (tertiary/aromatic N) is 1. The average Bonchev–Trinajstić information content (AvgIpc) is 3.53. The molecule has 202 valence electrons. The van der Waals surface area contributed by atoms with Gasteiger partial charge in [0.05, 0.1) is 0 Å². The van der Waals surface area contributed by atoms with Crippen molar-refractivity contribution in [2.45, 2.75) is 44.4 Å². The molecule has 1 nitrogen and oxygen atoms in total. The van der Waals surface area contributed by atoms with Crippen LogP contribution in [0.2, 0.25) is 0 Å². The molecule has 40 heavy (non-hydrogen) atoms. The van der Waals surface area contributed by atoms with Gasteiger partial charge in [-0.3, -0.25) is 0 Å². The van der Waals surface area contributed by atoms with Crippen molar-refractivity contribution in [3.05, 3.63) is 137 Å². The van der Waals surface area contributed by atoms with Gasteiger partial charge in [-0.25, -0.2) is 0 Å². The van der Waals surface area contributed by atoms with E-state index in [1.165, 1.54) is 56.5 Å². The molecule has 0 saturated heterocycles. The number of hydrogen-bond donors (Lipinski definition) is 0. The van der Waals surface area contributed by atoms with Crippen molar-refractivity contribution < 1.29 is 15.7 Å². The Morgan fingerprint density at radius 1 is 0.825 bits per heavy atom. The number of aromatic nitrogens is 1. The SMILES string of the molecule is CCC(C)c1ccc(-c2ccc3c(c2)C2(Cc4c[c-]c(-c5ccccn5)cc4C2)c2ccccc2-3)cc1.[Cl][Ir+][Cl]. The molecule has 1 aromatic heterocycles. The summed E-state index contributed by atoms with van der Waals surface area (Å²) in [6, 6.07) is 39.5. The van der Waals surface area contributed by atoms with Crippen molar-refractivity contribution in [3.63, 3.8) is 0 Å². The van der Waals surface area contributed by atoms with Gasteiger partial charge in [0.15, 0.2) is 0 Å². The van der Waals surface area contributed by atoms with Gasteiger partial charge in [0.2, 0.25) is 0 Å². The van der Waals surface area contributed by atoms with Crippen LogP contribution < -0.4 is 0 Å². The van der Waals surface area contributed by atoms with Crippen LogP contribution in [0.4, 0.5) is 0 Å². The van der Waals surface area contributed by atoms with Crippen molar-refractivity contribution in [1.29, 1.82) is 0 Å². The molecule has 0 fully saturated rings. The van der Waals surface area contributed by atoms with Crippen LogP contribution in [-0.4, -0.2) is 4.98 Å². The van der Waals surface area contributed by atoms with Crippen molar-refractivity contribution in [2.75, 3.05) is 0 Å². The number of rotatable bonds is 4. The molecule has 1 heterocycles. The number of halogens is 2. The number of hydrogen-bond acceptors (Lipinski definition) is 1. The summed E-state index contributed by atoms with van der Waals surface area (Å²) in [6.07, 6.45) is 5.05. The molecule has 2 aliphatic rings. The first-order valence-electron chi connectivity index (χ1n) is 13.7. The summed E-state index contributed by atoms with van der Waals surface area (Å²) in [5, 5.41) is 0. The third-order valence-electron chi connectivity index (χ3n) is 8.75. The maximum atomic E-state index is 4.89. The normalized spacial score (nSPS) is 17.1. The van der Waals surface area contributed by atoms with E-state index in [-0.39, 0.29) is 5.41 Å². The van der Waals surface area contributed by atoms with E-state index in [1.807, 2.05) is 18.3 Å². The first-order chi connectivity index (χ1) is 19.6. The Balaban J connectivity index is 0.000000925. The minimum absolute atomic E-state index is 0.0302. The fourth-order valence-electron chi connectivity index (χ4n) is 6.53. The molecular formula is C36H30Cl2IrN. The Labute approximate surface area is 253 Å². The van der Waals surface area contributed by atoms with E-state index in [0.717, 1.165) is 24.1 Å². The standard InChI is InChI=1S/C36H30N.2ClH.Ir/c1-3-24(2)25-11-13-26(14-12-25)27-17-18-32-31-8-4-5-9-33(31)36(34(32)21-27)22-29-16-15-28(20-30(29)23-36)35-10-6-7-19-37-35;;;/h4-14,16-21,24H,3,22-23H2,1-2H3;2*1H;/q-1;;;+3/p-2. The first-order valence-corrected chi connectivity index (χ1v) is 19.6. The molecule has 0 bridgehead atoms. The van der Waals surface area contributed by atoms with Crippen LogP contribution in [0.25, 0.3) is 33.5 Å². The second-order valence-electron chi connectivity index (χ2n) is 10.8. The van der Waals surface area contributed by atoms with Crippen LogP contribution in [0.3, 0.4) is 0 Å². The molecule has 2 atom stereocenters. The third kappa shape index (κ3) is 4.86. The average molecular weight is 740 g/mol. The molecule has 2 aliphatic carbocycles. The Bertz CT molecular complexity index is 1650. The van der Waals surface area contributed by atoms with E-state index in [9.17, 15) is 0 Å². The Kier molecular flexibility index (Phi) is 7.97. The van der Waals surface area contributed by atoms with Gasteiger partial charge in [0.25, 0.3) is 0 Å². The fourth-order valence-corrected chi connectivity index (χ4v) is 6.53. The van der Waals surface area contributed by atoms with E-state index in [1.54, 1.807) is 0 Å². The minimum atomic E-state index is -0.556. The third-order valence-corrected chi connectivity index (χ3v) is 8.75. The topological polar surface area (TPSA) is 12.9 Å². The zero-order chi connectivity index (χ0) is 27.7. The Morgan fingerprint density at radius 3 is 2.27 bits per heavy atom. The first kappa shape index (κ1) is 27.4. The van der Waals surface area contributed by atoms with E-state index in [2.05, 4.69) is 110 Å². The quantitative estimate of drug-likeness (QED) is 0.167. The Morgan fingerprint density at radius 2 is 1.52 bits per heavy atom. The molecule has 7 rings (SSSR count).